The summed E-state index contributed by atoms with van der Waals surface area (Å²) in [4.78, 5) is 10.6. The first-order valence-electron chi connectivity index (χ1n) is 19.3. The molecule has 8 aromatic carbocycles. The molecule has 1 aliphatic carbocycles. The van der Waals surface area contributed by atoms with Crippen molar-refractivity contribution in [2.45, 2.75) is 19.3 Å². The van der Waals surface area contributed by atoms with Crippen molar-refractivity contribution in [3.05, 3.63) is 199 Å². The summed E-state index contributed by atoms with van der Waals surface area (Å²) in [7, 11) is 0. The summed E-state index contributed by atoms with van der Waals surface area (Å²) >= 11 is 0. The number of hydrogen-bond acceptors (Lipinski definition) is 2. The second-order valence-corrected chi connectivity index (χ2v) is 15.4. The lowest BCUT2D eigenvalue weighted by atomic mass is 9.81. The lowest BCUT2D eigenvalue weighted by Gasteiger charge is -2.22. The minimum absolute atomic E-state index is 0.152. The maximum absolute atomic E-state index is 5.34. The number of hydrogen-bond donors (Lipinski definition) is 0. The van der Waals surface area contributed by atoms with Crippen molar-refractivity contribution in [1.29, 1.82) is 0 Å². The summed E-state index contributed by atoms with van der Waals surface area (Å²) in [5, 5.41) is 4.99. The van der Waals surface area contributed by atoms with Crippen molar-refractivity contribution >= 4 is 32.6 Å². The van der Waals surface area contributed by atoms with Crippen molar-refractivity contribution in [1.82, 2.24) is 14.5 Å². The molecule has 56 heavy (non-hydrogen) atoms. The topological polar surface area (TPSA) is 30.7 Å². The van der Waals surface area contributed by atoms with E-state index in [0.29, 0.717) is 5.82 Å². The van der Waals surface area contributed by atoms with E-state index in [1.807, 2.05) is 6.07 Å². The second kappa shape index (κ2) is 12.5. The molecule has 0 bridgehead atoms. The van der Waals surface area contributed by atoms with Crippen LogP contribution in [0.1, 0.15) is 25.0 Å². The predicted octanol–water partition coefficient (Wildman–Crippen LogP) is 13.7. The minimum Gasteiger partial charge on any atom is -0.309 e. The van der Waals surface area contributed by atoms with Crippen LogP contribution in [0.5, 0.6) is 0 Å². The Morgan fingerprint density at radius 2 is 1.05 bits per heavy atom. The van der Waals surface area contributed by atoms with Gasteiger partial charge in [0.1, 0.15) is 0 Å². The van der Waals surface area contributed by atoms with E-state index < -0.39 is 0 Å². The summed E-state index contributed by atoms with van der Waals surface area (Å²) in [5.41, 5.74) is 15.9. The molecule has 0 aliphatic heterocycles. The molecule has 1 aliphatic rings. The Kier molecular flexibility index (Phi) is 7.20. The van der Waals surface area contributed by atoms with Crippen LogP contribution in [-0.4, -0.2) is 14.5 Å². The number of rotatable bonds is 5. The number of aromatic nitrogens is 3. The first kappa shape index (κ1) is 32.3. The number of para-hydroxylation sites is 3. The van der Waals surface area contributed by atoms with Crippen molar-refractivity contribution < 1.29 is 0 Å². The number of benzene rings is 8. The fourth-order valence-corrected chi connectivity index (χ4v) is 9.08. The highest BCUT2D eigenvalue weighted by Crippen LogP contribution is 2.53. The maximum Gasteiger partial charge on any atom is 0.160 e. The van der Waals surface area contributed by atoms with E-state index in [4.69, 9.17) is 9.97 Å². The van der Waals surface area contributed by atoms with Gasteiger partial charge in [-0.15, -0.1) is 0 Å². The smallest absolute Gasteiger partial charge is 0.160 e. The largest absolute Gasteiger partial charge is 0.309 e. The molecule has 0 unspecified atom stereocenters. The van der Waals surface area contributed by atoms with Crippen molar-refractivity contribution in [2.75, 3.05) is 0 Å². The van der Waals surface area contributed by atoms with Gasteiger partial charge in [0.15, 0.2) is 5.82 Å². The molecule has 10 aromatic rings. The van der Waals surface area contributed by atoms with Gasteiger partial charge in [-0.05, 0) is 81.1 Å². The number of fused-ring (bicyclic) bond motifs is 7. The van der Waals surface area contributed by atoms with Crippen LogP contribution in [0.4, 0.5) is 0 Å². The van der Waals surface area contributed by atoms with Gasteiger partial charge in [-0.3, -0.25) is 0 Å². The Labute approximate surface area is 326 Å². The summed E-state index contributed by atoms with van der Waals surface area (Å²) in [6, 6.07) is 67.6. The maximum atomic E-state index is 5.34. The van der Waals surface area contributed by atoms with Crippen molar-refractivity contribution in [3.63, 3.8) is 0 Å². The van der Waals surface area contributed by atoms with Gasteiger partial charge in [-0.25, -0.2) is 9.97 Å². The van der Waals surface area contributed by atoms with E-state index in [9.17, 15) is 0 Å². The fraction of sp³-hybridized carbons (Fsp3) is 0.0566. The lowest BCUT2D eigenvalue weighted by molar-refractivity contribution is 0.661. The Morgan fingerprint density at radius 3 is 1.89 bits per heavy atom. The molecule has 0 atom stereocenters. The predicted molar refractivity (Wildman–Crippen MR) is 233 cm³/mol. The third-order valence-electron chi connectivity index (χ3n) is 11.8. The Morgan fingerprint density at radius 1 is 0.429 bits per heavy atom. The zero-order valence-corrected chi connectivity index (χ0v) is 31.2. The molecule has 11 rings (SSSR count). The van der Waals surface area contributed by atoms with Crippen LogP contribution in [0.15, 0.2) is 188 Å². The van der Waals surface area contributed by atoms with Gasteiger partial charge >= 0.3 is 0 Å². The molecule has 0 N–H and O–H groups in total. The Balaban J connectivity index is 1.12. The van der Waals surface area contributed by atoms with Crippen LogP contribution in [-0.2, 0) is 5.41 Å². The quantitative estimate of drug-likeness (QED) is 0.178. The van der Waals surface area contributed by atoms with E-state index in [1.165, 1.54) is 60.4 Å². The molecule has 3 nitrogen and oxygen atoms in total. The normalized spacial score (nSPS) is 13.0. The minimum atomic E-state index is -0.152. The molecule has 0 amide bonds. The second-order valence-electron chi connectivity index (χ2n) is 15.4. The van der Waals surface area contributed by atoms with Crippen LogP contribution in [0.3, 0.4) is 0 Å². The summed E-state index contributed by atoms with van der Waals surface area (Å²) in [5.74, 6) is 0.711. The highest BCUT2D eigenvalue weighted by molar-refractivity contribution is 6.14. The van der Waals surface area contributed by atoms with Crippen molar-refractivity contribution in [3.8, 4) is 61.8 Å². The molecule has 2 aromatic heterocycles. The average Bonchev–Trinajstić information content (AvgIpc) is 3.71. The van der Waals surface area contributed by atoms with Gasteiger partial charge in [0.05, 0.1) is 22.4 Å². The molecule has 0 saturated heterocycles. The summed E-state index contributed by atoms with van der Waals surface area (Å²) in [6.07, 6.45) is 0. The van der Waals surface area contributed by atoms with E-state index in [1.54, 1.807) is 0 Å². The monoisotopic (exact) mass is 715 g/mol. The van der Waals surface area contributed by atoms with Gasteiger partial charge < -0.3 is 4.57 Å². The van der Waals surface area contributed by atoms with Crippen molar-refractivity contribution in [2.24, 2.45) is 0 Å². The molecular formula is C53H37N3. The van der Waals surface area contributed by atoms with E-state index >= 15 is 0 Å². The van der Waals surface area contributed by atoms with Gasteiger partial charge in [0.2, 0.25) is 0 Å². The molecule has 3 heteroatoms. The van der Waals surface area contributed by atoms with Crippen LogP contribution in [0.2, 0.25) is 0 Å². The Bertz CT molecular complexity index is 3150. The summed E-state index contributed by atoms with van der Waals surface area (Å²) < 4.78 is 2.40. The van der Waals surface area contributed by atoms with E-state index in [0.717, 1.165) is 39.3 Å². The van der Waals surface area contributed by atoms with Gasteiger partial charge in [-0.1, -0.05) is 159 Å². The lowest BCUT2D eigenvalue weighted by Crippen LogP contribution is -2.14. The molecule has 2 heterocycles. The van der Waals surface area contributed by atoms with Gasteiger partial charge in [0.25, 0.3) is 0 Å². The van der Waals surface area contributed by atoms with E-state index in [2.05, 4.69) is 200 Å². The van der Waals surface area contributed by atoms with Crippen LogP contribution < -0.4 is 0 Å². The van der Waals surface area contributed by atoms with Gasteiger partial charge in [0, 0.05) is 44.1 Å². The number of nitrogens with zero attached hydrogens (tertiary/aromatic N) is 3. The molecule has 0 fully saturated rings. The third-order valence-corrected chi connectivity index (χ3v) is 11.8. The zero-order valence-electron chi connectivity index (χ0n) is 31.2. The van der Waals surface area contributed by atoms with Gasteiger partial charge in [-0.2, -0.15) is 0 Å². The zero-order chi connectivity index (χ0) is 37.4. The highest BCUT2D eigenvalue weighted by atomic mass is 15.0. The summed E-state index contributed by atoms with van der Waals surface area (Å²) in [6.45, 7) is 4.70. The highest BCUT2D eigenvalue weighted by Gasteiger charge is 2.37. The van der Waals surface area contributed by atoms with Crippen LogP contribution in [0, 0.1) is 0 Å². The first-order chi connectivity index (χ1) is 27.5. The van der Waals surface area contributed by atoms with Crippen LogP contribution in [0.25, 0.3) is 94.4 Å². The average molecular weight is 716 g/mol. The molecule has 0 saturated carbocycles. The molecular weight excluding hydrogens is 679 g/mol. The molecule has 264 valence electrons. The standard InChI is InChI=1S/C53H37N3/c1-53(2)45-28-15-27-43(50(45)44-31-35-18-9-10-19-36(35)32-46(44)53)48-33-47(54-52(55-48)34-16-5-3-6-17-34)38-21-13-20-37(30-38)40-25-14-26-42-41-24-11-12-29-49(41)56(51(40)42)39-22-7-4-8-23-39/h3-33H,1-2H3. The van der Waals surface area contributed by atoms with E-state index in [-0.39, 0.29) is 5.41 Å². The molecule has 0 radical (unpaired) electrons. The molecule has 0 spiro atoms. The first-order valence-corrected chi connectivity index (χ1v) is 19.3. The Hall–Kier alpha value is -7.10. The van der Waals surface area contributed by atoms with Crippen LogP contribution >= 0.6 is 0 Å². The SMILES string of the molecule is CC1(C)c2cc3ccccc3cc2-c2c(-c3cc(-c4cccc(-c5cccc6c7ccccc7n(-c7ccccc7)c56)c4)nc(-c4ccccc4)n3)cccc21. The third kappa shape index (κ3) is 4.98. The fourth-order valence-electron chi connectivity index (χ4n) is 9.08.